The molecule has 2 heterocycles. The number of benzene rings is 1. The van der Waals surface area contributed by atoms with E-state index in [0.717, 1.165) is 16.0 Å². The van der Waals surface area contributed by atoms with Crippen molar-refractivity contribution in [2.75, 3.05) is 13.2 Å². The molecule has 2 aliphatic rings. The van der Waals surface area contributed by atoms with E-state index >= 15 is 0 Å². The Kier molecular flexibility index (Phi) is 4.94. The van der Waals surface area contributed by atoms with Gasteiger partial charge in [-0.25, -0.2) is 4.37 Å². The Morgan fingerprint density at radius 1 is 1.30 bits per heavy atom. The van der Waals surface area contributed by atoms with Gasteiger partial charge in [0.15, 0.2) is 5.60 Å². The summed E-state index contributed by atoms with van der Waals surface area (Å²) in [4.78, 5) is 26.0. The fourth-order valence-electron chi connectivity index (χ4n) is 3.67. The van der Waals surface area contributed by atoms with Gasteiger partial charge in [0.05, 0.1) is 31.7 Å². The Hall–Kier alpha value is -2.29. The summed E-state index contributed by atoms with van der Waals surface area (Å²) in [6.45, 7) is 0.357. The van der Waals surface area contributed by atoms with Crippen LogP contribution in [-0.4, -0.2) is 46.2 Å². The number of nitrogens with zero attached hydrogens (tertiary/aromatic N) is 1. The number of rotatable bonds is 5. The molecule has 1 aromatic heterocycles. The van der Waals surface area contributed by atoms with Gasteiger partial charge in [0.25, 0.3) is 5.91 Å². The number of hydrogen-bond donors (Lipinski definition) is 3. The van der Waals surface area contributed by atoms with E-state index in [1.807, 2.05) is 30.3 Å². The highest BCUT2D eigenvalue weighted by Gasteiger charge is 2.43. The van der Waals surface area contributed by atoms with Gasteiger partial charge < -0.3 is 20.5 Å². The molecular weight excluding hydrogens is 366 g/mol. The number of aliphatic hydroxyl groups is 1. The normalized spacial score (nSPS) is 26.6. The standard InChI is InChI=1S/C19H21N3O4S/c23-16(10-13-5-7-20-27-13)21-15-9-12-3-1-2-4-14(12)17(15)22-18(24)19(25)6-8-26-11-19/h1-5,7,15,17,25H,6,8-11H2,(H,21,23)(H,22,24)/t15-,17-,19?/m1/s1. The van der Waals surface area contributed by atoms with Gasteiger partial charge in [0, 0.05) is 17.5 Å². The second kappa shape index (κ2) is 7.38. The number of hydrogen-bond acceptors (Lipinski definition) is 6. The zero-order chi connectivity index (χ0) is 18.9. The second-order valence-corrected chi connectivity index (χ2v) is 7.94. The first-order valence-corrected chi connectivity index (χ1v) is 9.70. The number of ether oxygens (including phenoxy) is 1. The Morgan fingerprint density at radius 2 is 2.15 bits per heavy atom. The quantitative estimate of drug-likeness (QED) is 0.702. The zero-order valence-electron chi connectivity index (χ0n) is 14.7. The summed E-state index contributed by atoms with van der Waals surface area (Å²) in [5, 5.41) is 16.5. The van der Waals surface area contributed by atoms with Gasteiger partial charge in [-0.05, 0) is 35.1 Å². The van der Waals surface area contributed by atoms with Gasteiger partial charge >= 0.3 is 0 Å². The monoisotopic (exact) mass is 387 g/mol. The summed E-state index contributed by atoms with van der Waals surface area (Å²) < 4.78 is 9.19. The molecule has 0 radical (unpaired) electrons. The maximum absolute atomic E-state index is 12.7. The third kappa shape index (κ3) is 3.73. The zero-order valence-corrected chi connectivity index (χ0v) is 15.5. The molecule has 1 aliphatic carbocycles. The Labute approximate surface area is 160 Å². The fourth-order valence-corrected chi connectivity index (χ4v) is 4.24. The van der Waals surface area contributed by atoms with Crippen LogP contribution in [0.1, 0.15) is 28.5 Å². The van der Waals surface area contributed by atoms with E-state index in [1.54, 1.807) is 6.20 Å². The maximum atomic E-state index is 12.7. The van der Waals surface area contributed by atoms with Crippen LogP contribution in [-0.2, 0) is 27.2 Å². The summed E-state index contributed by atoms with van der Waals surface area (Å²) in [7, 11) is 0. The van der Waals surface area contributed by atoms with E-state index in [0.29, 0.717) is 13.0 Å². The van der Waals surface area contributed by atoms with Gasteiger partial charge in [-0.2, -0.15) is 0 Å². The highest BCUT2D eigenvalue weighted by atomic mass is 32.1. The Morgan fingerprint density at radius 3 is 2.89 bits per heavy atom. The molecule has 3 N–H and O–H groups in total. The van der Waals surface area contributed by atoms with Crippen molar-refractivity contribution >= 4 is 23.3 Å². The summed E-state index contributed by atoms with van der Waals surface area (Å²) in [6.07, 6.45) is 2.84. The molecule has 0 saturated carbocycles. The van der Waals surface area contributed by atoms with E-state index < -0.39 is 11.5 Å². The van der Waals surface area contributed by atoms with Crippen molar-refractivity contribution in [3.05, 3.63) is 52.5 Å². The molecule has 3 atom stereocenters. The molecule has 1 aromatic carbocycles. The molecule has 7 nitrogen and oxygen atoms in total. The van der Waals surface area contributed by atoms with Crippen LogP contribution in [0.4, 0.5) is 0 Å². The van der Waals surface area contributed by atoms with Crippen LogP contribution in [0.2, 0.25) is 0 Å². The molecule has 1 unspecified atom stereocenters. The van der Waals surface area contributed by atoms with E-state index in [2.05, 4.69) is 15.0 Å². The maximum Gasteiger partial charge on any atom is 0.255 e. The smallest absolute Gasteiger partial charge is 0.255 e. The Bertz CT molecular complexity index is 833. The molecule has 0 spiro atoms. The van der Waals surface area contributed by atoms with E-state index in [1.165, 1.54) is 11.5 Å². The van der Waals surface area contributed by atoms with Crippen molar-refractivity contribution in [3.8, 4) is 0 Å². The molecule has 1 aliphatic heterocycles. The number of nitrogens with one attached hydrogen (secondary N) is 2. The average Bonchev–Trinajstić information content (AvgIpc) is 3.37. The average molecular weight is 387 g/mol. The SMILES string of the molecule is O=C(Cc1ccns1)N[C@@H]1Cc2ccccc2[C@H]1NC(=O)C1(O)CCOC1. The number of carbonyl (C=O) groups is 2. The summed E-state index contributed by atoms with van der Waals surface area (Å²) in [6, 6.07) is 8.97. The minimum Gasteiger partial charge on any atom is -0.378 e. The van der Waals surface area contributed by atoms with E-state index in [9.17, 15) is 14.7 Å². The highest BCUT2D eigenvalue weighted by molar-refractivity contribution is 7.05. The van der Waals surface area contributed by atoms with E-state index in [-0.39, 0.29) is 37.4 Å². The predicted molar refractivity (Wildman–Crippen MR) is 99.2 cm³/mol. The minimum atomic E-state index is -1.51. The second-order valence-electron chi connectivity index (χ2n) is 7.02. The van der Waals surface area contributed by atoms with Crippen LogP contribution in [0.3, 0.4) is 0 Å². The minimum absolute atomic E-state index is 0.00436. The molecule has 142 valence electrons. The fraction of sp³-hybridized carbons (Fsp3) is 0.421. The van der Waals surface area contributed by atoms with Crippen LogP contribution in [0.15, 0.2) is 36.5 Å². The molecule has 8 heteroatoms. The van der Waals surface area contributed by atoms with Crippen molar-refractivity contribution in [3.63, 3.8) is 0 Å². The molecular formula is C19H21N3O4S. The summed E-state index contributed by atoms with van der Waals surface area (Å²) in [5.41, 5.74) is 0.548. The van der Waals surface area contributed by atoms with Gasteiger partial charge in [0.2, 0.25) is 5.91 Å². The van der Waals surface area contributed by atoms with Gasteiger partial charge in [-0.3, -0.25) is 9.59 Å². The molecule has 1 saturated heterocycles. The molecule has 1 fully saturated rings. The van der Waals surface area contributed by atoms with Crippen molar-refractivity contribution in [2.24, 2.45) is 0 Å². The highest BCUT2D eigenvalue weighted by Crippen LogP contribution is 2.32. The number of carbonyl (C=O) groups excluding carboxylic acids is 2. The third-order valence-corrected chi connectivity index (χ3v) is 5.86. The van der Waals surface area contributed by atoms with Crippen LogP contribution in [0.5, 0.6) is 0 Å². The van der Waals surface area contributed by atoms with Crippen LogP contribution >= 0.6 is 11.5 Å². The van der Waals surface area contributed by atoms with Gasteiger partial charge in [0.1, 0.15) is 0 Å². The van der Waals surface area contributed by atoms with Gasteiger partial charge in [-0.15, -0.1) is 0 Å². The molecule has 4 rings (SSSR count). The number of aromatic nitrogens is 1. The number of fused-ring (bicyclic) bond motifs is 1. The number of amides is 2. The molecule has 2 amide bonds. The van der Waals surface area contributed by atoms with Crippen LogP contribution in [0.25, 0.3) is 0 Å². The summed E-state index contributed by atoms with van der Waals surface area (Å²) in [5.74, 6) is -0.567. The first kappa shape index (κ1) is 18.1. The van der Waals surface area contributed by atoms with Crippen molar-refractivity contribution in [2.45, 2.75) is 36.9 Å². The lowest BCUT2D eigenvalue weighted by Gasteiger charge is -2.27. The largest absolute Gasteiger partial charge is 0.378 e. The third-order valence-electron chi connectivity index (χ3n) is 5.11. The van der Waals surface area contributed by atoms with Crippen LogP contribution < -0.4 is 10.6 Å². The summed E-state index contributed by atoms with van der Waals surface area (Å²) >= 11 is 1.30. The van der Waals surface area contributed by atoms with E-state index in [4.69, 9.17) is 4.74 Å². The first-order valence-electron chi connectivity index (χ1n) is 8.93. The molecule has 2 aromatic rings. The first-order chi connectivity index (χ1) is 13.0. The van der Waals surface area contributed by atoms with Crippen molar-refractivity contribution in [1.82, 2.24) is 15.0 Å². The van der Waals surface area contributed by atoms with Crippen molar-refractivity contribution < 1.29 is 19.4 Å². The van der Waals surface area contributed by atoms with Gasteiger partial charge in [-0.1, -0.05) is 24.3 Å². The Balaban J connectivity index is 1.50. The topological polar surface area (TPSA) is 101 Å². The predicted octanol–water partition coefficient (Wildman–Crippen LogP) is 0.735. The molecule has 27 heavy (non-hydrogen) atoms. The van der Waals surface area contributed by atoms with Crippen LogP contribution in [0, 0.1) is 0 Å². The lowest BCUT2D eigenvalue weighted by Crippen LogP contribution is -2.52. The van der Waals surface area contributed by atoms with Crippen molar-refractivity contribution in [1.29, 1.82) is 0 Å². The lowest BCUT2D eigenvalue weighted by molar-refractivity contribution is -0.140. The molecule has 0 bridgehead atoms. The lowest BCUT2D eigenvalue weighted by atomic mass is 10.00.